The number of carbonyl (C=O) groups is 2. The highest BCUT2D eigenvalue weighted by Crippen LogP contribution is 2.19. The number of hydrogen-bond acceptors (Lipinski definition) is 3. The van der Waals surface area contributed by atoms with Crippen molar-refractivity contribution in [3.05, 3.63) is 29.8 Å². The molecule has 2 rings (SSSR count). The normalized spacial score (nSPS) is 16.0. The minimum absolute atomic E-state index is 0.00132. The van der Waals surface area contributed by atoms with Gasteiger partial charge in [-0.2, -0.15) is 0 Å². The maximum Gasteiger partial charge on any atom is 0.260 e. The van der Waals surface area contributed by atoms with Gasteiger partial charge in [-0.3, -0.25) is 9.59 Å². The molecule has 0 saturated carbocycles. The molecule has 1 aliphatic heterocycles. The van der Waals surface area contributed by atoms with Crippen molar-refractivity contribution in [3.8, 4) is 5.75 Å². The van der Waals surface area contributed by atoms with Gasteiger partial charge in [0, 0.05) is 13.1 Å². The van der Waals surface area contributed by atoms with Gasteiger partial charge in [0.15, 0.2) is 12.4 Å². The number of Topliss-reactive ketones (excluding diaryl/α,β-unsaturated/α-hetero) is 1. The third-order valence-electron chi connectivity index (χ3n) is 3.75. The lowest BCUT2D eigenvalue weighted by atomic mass is 9.99. The van der Waals surface area contributed by atoms with Crippen molar-refractivity contribution in [1.29, 1.82) is 0 Å². The number of nitrogens with zero attached hydrogens (tertiary/aromatic N) is 1. The summed E-state index contributed by atoms with van der Waals surface area (Å²) in [4.78, 5) is 25.4. The Morgan fingerprint density at radius 1 is 1.25 bits per heavy atom. The summed E-state index contributed by atoms with van der Waals surface area (Å²) in [7, 11) is 0. The van der Waals surface area contributed by atoms with E-state index >= 15 is 0 Å². The Balaban J connectivity index is 1.92. The standard InChI is InChI=1S/C16H21NO3/c1-12-7-9-17(10-8-12)16(19)11-20-15-6-4-3-5-14(15)13(2)18/h3-6,12H,7-11H2,1-2H3. The van der Waals surface area contributed by atoms with Crippen LogP contribution in [-0.4, -0.2) is 36.3 Å². The van der Waals surface area contributed by atoms with Crippen molar-refractivity contribution in [3.63, 3.8) is 0 Å². The van der Waals surface area contributed by atoms with Crippen LogP contribution in [0.2, 0.25) is 0 Å². The third kappa shape index (κ3) is 3.59. The van der Waals surface area contributed by atoms with Crippen molar-refractivity contribution >= 4 is 11.7 Å². The first-order valence-corrected chi connectivity index (χ1v) is 7.08. The SMILES string of the molecule is CC(=O)c1ccccc1OCC(=O)N1CCC(C)CC1. The van der Waals surface area contributed by atoms with Crippen LogP contribution in [0.3, 0.4) is 0 Å². The van der Waals surface area contributed by atoms with Crippen molar-refractivity contribution in [1.82, 2.24) is 4.90 Å². The largest absolute Gasteiger partial charge is 0.483 e. The fourth-order valence-electron chi connectivity index (χ4n) is 2.37. The van der Waals surface area contributed by atoms with Crippen LogP contribution in [0.15, 0.2) is 24.3 Å². The maximum atomic E-state index is 12.1. The summed E-state index contributed by atoms with van der Waals surface area (Å²) in [6.45, 7) is 5.31. The number of piperidine rings is 1. The molecule has 0 bridgehead atoms. The van der Waals surface area contributed by atoms with E-state index in [1.54, 1.807) is 24.3 Å². The number of benzene rings is 1. The van der Waals surface area contributed by atoms with Crippen LogP contribution in [0.4, 0.5) is 0 Å². The summed E-state index contributed by atoms with van der Waals surface area (Å²) in [5, 5.41) is 0. The monoisotopic (exact) mass is 275 g/mol. The molecule has 1 aromatic carbocycles. The van der Waals surface area contributed by atoms with E-state index < -0.39 is 0 Å². The van der Waals surface area contributed by atoms with Gasteiger partial charge >= 0.3 is 0 Å². The maximum absolute atomic E-state index is 12.1. The lowest BCUT2D eigenvalue weighted by Crippen LogP contribution is -2.40. The van der Waals surface area contributed by atoms with E-state index in [2.05, 4.69) is 6.92 Å². The van der Waals surface area contributed by atoms with E-state index in [0.717, 1.165) is 25.9 Å². The molecule has 4 nitrogen and oxygen atoms in total. The van der Waals surface area contributed by atoms with E-state index in [4.69, 9.17) is 4.74 Å². The van der Waals surface area contributed by atoms with Crippen molar-refractivity contribution in [2.45, 2.75) is 26.7 Å². The fourth-order valence-corrected chi connectivity index (χ4v) is 2.37. The van der Waals surface area contributed by atoms with Gasteiger partial charge in [-0.15, -0.1) is 0 Å². The molecule has 20 heavy (non-hydrogen) atoms. The van der Waals surface area contributed by atoms with Crippen molar-refractivity contribution in [2.24, 2.45) is 5.92 Å². The van der Waals surface area contributed by atoms with Gasteiger partial charge in [0.1, 0.15) is 5.75 Å². The number of ether oxygens (including phenoxy) is 1. The average molecular weight is 275 g/mol. The van der Waals surface area contributed by atoms with Crippen molar-refractivity contribution in [2.75, 3.05) is 19.7 Å². The van der Waals surface area contributed by atoms with Crippen LogP contribution in [0.1, 0.15) is 37.0 Å². The second-order valence-electron chi connectivity index (χ2n) is 5.40. The molecule has 1 amide bonds. The zero-order valence-electron chi connectivity index (χ0n) is 12.1. The number of carbonyl (C=O) groups excluding carboxylic acids is 2. The molecule has 0 aromatic heterocycles. The first-order valence-electron chi connectivity index (χ1n) is 7.08. The highest BCUT2D eigenvalue weighted by atomic mass is 16.5. The number of amides is 1. The van der Waals surface area contributed by atoms with Crippen LogP contribution < -0.4 is 4.74 Å². The van der Waals surface area contributed by atoms with Gasteiger partial charge < -0.3 is 9.64 Å². The zero-order valence-corrected chi connectivity index (χ0v) is 12.1. The molecule has 4 heteroatoms. The molecule has 1 saturated heterocycles. The Hall–Kier alpha value is -1.84. The molecule has 1 fully saturated rings. The molecule has 0 atom stereocenters. The Morgan fingerprint density at radius 2 is 1.90 bits per heavy atom. The molecule has 0 spiro atoms. The van der Waals surface area contributed by atoms with E-state index in [1.165, 1.54) is 6.92 Å². The smallest absolute Gasteiger partial charge is 0.260 e. The molecular formula is C16H21NO3. The van der Waals surface area contributed by atoms with Crippen LogP contribution in [0, 0.1) is 5.92 Å². The van der Waals surface area contributed by atoms with Gasteiger partial charge in [0.2, 0.25) is 0 Å². The first kappa shape index (κ1) is 14.6. The number of rotatable bonds is 4. The summed E-state index contributed by atoms with van der Waals surface area (Å²) in [5.41, 5.74) is 0.521. The van der Waals surface area contributed by atoms with Gasteiger partial charge in [-0.1, -0.05) is 19.1 Å². The van der Waals surface area contributed by atoms with Gasteiger partial charge in [-0.25, -0.2) is 0 Å². The molecule has 108 valence electrons. The predicted octanol–water partition coefficient (Wildman–Crippen LogP) is 2.53. The second kappa shape index (κ2) is 6.55. The van der Waals surface area contributed by atoms with E-state index in [0.29, 0.717) is 17.2 Å². The number of ketones is 1. The number of likely N-dealkylation sites (tertiary alicyclic amines) is 1. The summed E-state index contributed by atoms with van der Waals surface area (Å²) < 4.78 is 5.53. The molecule has 0 N–H and O–H groups in total. The van der Waals surface area contributed by atoms with Gasteiger partial charge in [0.05, 0.1) is 5.56 Å². The molecule has 1 heterocycles. The van der Waals surface area contributed by atoms with Crippen molar-refractivity contribution < 1.29 is 14.3 Å². The Bertz CT molecular complexity index is 490. The first-order chi connectivity index (χ1) is 9.58. The van der Waals surface area contributed by atoms with Crippen LogP contribution >= 0.6 is 0 Å². The number of hydrogen-bond donors (Lipinski definition) is 0. The summed E-state index contributed by atoms with van der Waals surface area (Å²) in [5.74, 6) is 1.12. The van der Waals surface area contributed by atoms with E-state index in [9.17, 15) is 9.59 Å². The lowest BCUT2D eigenvalue weighted by molar-refractivity contribution is -0.134. The van der Waals surface area contributed by atoms with E-state index in [1.807, 2.05) is 4.90 Å². The molecule has 0 unspecified atom stereocenters. The van der Waals surface area contributed by atoms with Crippen LogP contribution in [-0.2, 0) is 4.79 Å². The quantitative estimate of drug-likeness (QED) is 0.793. The van der Waals surface area contributed by atoms with Crippen LogP contribution in [0.25, 0.3) is 0 Å². The Morgan fingerprint density at radius 3 is 2.55 bits per heavy atom. The molecular weight excluding hydrogens is 254 g/mol. The minimum Gasteiger partial charge on any atom is -0.483 e. The fraction of sp³-hybridized carbons (Fsp3) is 0.500. The minimum atomic E-state index is -0.0557. The average Bonchev–Trinajstić information content (AvgIpc) is 2.45. The summed E-state index contributed by atoms with van der Waals surface area (Å²) in [6.07, 6.45) is 2.10. The predicted molar refractivity (Wildman–Crippen MR) is 76.9 cm³/mol. The molecule has 1 aliphatic rings. The van der Waals surface area contributed by atoms with Gasteiger partial charge in [-0.05, 0) is 37.8 Å². The number of para-hydroxylation sites is 1. The summed E-state index contributed by atoms with van der Waals surface area (Å²) in [6, 6.07) is 7.03. The van der Waals surface area contributed by atoms with E-state index in [-0.39, 0.29) is 18.3 Å². The second-order valence-corrected chi connectivity index (χ2v) is 5.40. The Kier molecular flexibility index (Phi) is 4.77. The molecule has 1 aromatic rings. The third-order valence-corrected chi connectivity index (χ3v) is 3.75. The topological polar surface area (TPSA) is 46.6 Å². The zero-order chi connectivity index (χ0) is 14.5. The van der Waals surface area contributed by atoms with Crippen LogP contribution in [0.5, 0.6) is 5.75 Å². The molecule has 0 radical (unpaired) electrons. The highest BCUT2D eigenvalue weighted by molar-refractivity contribution is 5.96. The Labute approximate surface area is 119 Å². The summed E-state index contributed by atoms with van der Waals surface area (Å²) >= 11 is 0. The highest BCUT2D eigenvalue weighted by Gasteiger charge is 2.20. The lowest BCUT2D eigenvalue weighted by Gasteiger charge is -2.30. The van der Waals surface area contributed by atoms with Gasteiger partial charge in [0.25, 0.3) is 5.91 Å². The molecule has 0 aliphatic carbocycles.